The lowest BCUT2D eigenvalue weighted by Crippen LogP contribution is -3.60. The first kappa shape index (κ1) is 135. The summed E-state index contributed by atoms with van der Waals surface area (Å²) < 4.78 is 323. The summed E-state index contributed by atoms with van der Waals surface area (Å²) in [5.41, 5.74) is 6.89. The molecule has 0 aliphatic heterocycles. The third kappa shape index (κ3) is 52.2. The lowest BCUT2D eigenvalue weighted by molar-refractivity contribution is -0.597. The van der Waals surface area contributed by atoms with E-state index in [0.717, 1.165) is 48.5 Å². The van der Waals surface area contributed by atoms with Gasteiger partial charge in [0.05, 0.1) is 53.9 Å². The minimum absolute atomic E-state index is 0. The van der Waals surface area contributed by atoms with Crippen LogP contribution in [0.1, 0.15) is 213 Å². The maximum Gasteiger partial charge on any atom is 0.450 e. The van der Waals surface area contributed by atoms with Crippen molar-refractivity contribution in [3.8, 4) is 28.7 Å². The molecular formula is C103H132F10I4O20S5. The van der Waals surface area contributed by atoms with Crippen molar-refractivity contribution in [1.29, 1.82) is 0 Å². The Labute approximate surface area is 877 Å². The van der Waals surface area contributed by atoms with Crippen LogP contribution in [0, 0.1) is 43.0 Å². The molecule has 0 saturated heterocycles. The largest absolute Gasteiger partial charge is 0.748 e. The van der Waals surface area contributed by atoms with Crippen LogP contribution in [-0.2, 0) is 67.3 Å². The molecule has 0 saturated carbocycles. The molecule has 9 aromatic carbocycles. The van der Waals surface area contributed by atoms with E-state index >= 15 is 0 Å². The number of methoxy groups -OCH3 is 2. The summed E-state index contributed by atoms with van der Waals surface area (Å²) in [6.45, 7) is 35.6. The number of allylic oxidation sites excluding steroid dienone is 4. The molecule has 0 aliphatic rings. The van der Waals surface area contributed by atoms with Crippen LogP contribution in [0.25, 0.3) is 0 Å². The normalized spacial score (nSPS) is 12.6. The molecule has 0 N–H and O–H groups in total. The van der Waals surface area contributed by atoms with Gasteiger partial charge in [-0.25, -0.2) is 42.5 Å². The Hall–Kier alpha value is -7.45. The van der Waals surface area contributed by atoms with Gasteiger partial charge in [0, 0.05) is 11.5 Å². The Morgan fingerprint density at radius 2 is 0.761 bits per heavy atom. The summed E-state index contributed by atoms with van der Waals surface area (Å²) in [6, 6.07) is 65.0. The topological polar surface area (TPSA) is 318 Å². The first-order chi connectivity index (χ1) is 65.6. The van der Waals surface area contributed by atoms with E-state index in [0.29, 0.717) is 92.5 Å². The van der Waals surface area contributed by atoms with E-state index in [1.807, 2.05) is 112 Å². The van der Waals surface area contributed by atoms with Crippen LogP contribution in [0.15, 0.2) is 256 Å². The Morgan fingerprint density at radius 3 is 1.11 bits per heavy atom. The van der Waals surface area contributed by atoms with Gasteiger partial charge in [-0.05, 0) is 228 Å². The molecular weight excluding hydrogens is 2420 g/mol. The van der Waals surface area contributed by atoms with Gasteiger partial charge in [-0.1, -0.05) is 233 Å². The van der Waals surface area contributed by atoms with E-state index in [9.17, 15) is 104 Å². The van der Waals surface area contributed by atoms with Gasteiger partial charge in [0.25, 0.3) is 0 Å². The van der Waals surface area contributed by atoms with Gasteiger partial charge in [-0.15, -0.1) is 0 Å². The number of hydrogen-bond donors (Lipinski definition) is 0. The fraction of sp³-hybridized carbons (Fsp3) is 0.398. The van der Waals surface area contributed by atoms with Gasteiger partial charge < -0.3 is 46.1 Å². The first-order valence-electron chi connectivity index (χ1n) is 43.8. The summed E-state index contributed by atoms with van der Waals surface area (Å²) in [5.74, 6) is -15.2. The number of unbranched alkanes of at least 4 members (excludes halogenated alkanes) is 1. The summed E-state index contributed by atoms with van der Waals surface area (Å²) in [7, 11) is -24.8. The summed E-state index contributed by atoms with van der Waals surface area (Å²) in [4.78, 5) is 2.36. The zero-order valence-corrected chi connectivity index (χ0v) is 94.9. The quantitative estimate of drug-likeness (QED) is 0.00397. The molecule has 142 heavy (non-hydrogen) atoms. The number of hydrogen-bond acceptors (Lipinski definition) is 20. The molecule has 9 rings (SSSR count). The van der Waals surface area contributed by atoms with Crippen molar-refractivity contribution in [2.75, 3.05) is 48.8 Å². The molecule has 0 aromatic heterocycles. The third-order valence-electron chi connectivity index (χ3n) is 19.2. The zero-order chi connectivity index (χ0) is 107. The van der Waals surface area contributed by atoms with Crippen LogP contribution >= 0.6 is 0 Å². The monoisotopic (exact) mass is 2550 g/mol. The minimum atomic E-state index is -7.33. The fourth-order valence-electron chi connectivity index (χ4n) is 10.5. The number of halogens is 14. The number of benzene rings is 9. The Bertz CT molecular complexity index is 5790. The van der Waals surface area contributed by atoms with Gasteiger partial charge in [-0.2, -0.15) is 43.5 Å². The number of ether oxygens (including phenoxy) is 5. The highest BCUT2D eigenvalue weighted by molar-refractivity contribution is 7.89. The Kier molecular flexibility index (Phi) is 63.2. The smallest absolute Gasteiger partial charge is 0.450 e. The van der Waals surface area contributed by atoms with Crippen LogP contribution < -0.4 is 108 Å². The van der Waals surface area contributed by atoms with E-state index in [1.165, 1.54) is 43.1 Å². The molecule has 0 amide bonds. The van der Waals surface area contributed by atoms with E-state index in [1.54, 1.807) is 51.7 Å². The molecule has 20 nitrogen and oxygen atoms in total. The molecule has 0 radical (unpaired) electrons. The summed E-state index contributed by atoms with van der Waals surface area (Å²) in [6.07, 6.45) is 14.3. The van der Waals surface area contributed by atoms with Crippen LogP contribution in [0.5, 0.6) is 28.7 Å². The van der Waals surface area contributed by atoms with Gasteiger partial charge in [0.2, 0.25) is 11.6 Å². The maximum atomic E-state index is 13.8. The van der Waals surface area contributed by atoms with E-state index in [2.05, 4.69) is 196 Å². The molecule has 792 valence electrons. The van der Waals surface area contributed by atoms with Crippen LogP contribution in [0.2, 0.25) is 0 Å². The molecule has 39 heteroatoms. The molecule has 4 atom stereocenters. The molecule has 0 aliphatic carbocycles. The predicted octanol–water partition coefficient (Wildman–Crippen LogP) is 13.3. The van der Waals surface area contributed by atoms with Gasteiger partial charge in [0.15, 0.2) is 49.9 Å². The van der Waals surface area contributed by atoms with Gasteiger partial charge in [0.1, 0.15) is 54.5 Å². The van der Waals surface area contributed by atoms with Crippen molar-refractivity contribution >= 4 is 50.6 Å². The number of alkyl halides is 8. The van der Waals surface area contributed by atoms with Crippen molar-refractivity contribution in [3.05, 3.63) is 322 Å². The molecule has 0 bridgehead atoms. The van der Waals surface area contributed by atoms with Crippen molar-refractivity contribution in [3.63, 3.8) is 0 Å². The molecule has 0 heterocycles. The number of rotatable bonds is 39. The third-order valence-corrected chi connectivity index (χ3v) is 32.2. The second kappa shape index (κ2) is 66.7. The van der Waals surface area contributed by atoms with Crippen molar-refractivity contribution < 1.29 is 217 Å². The van der Waals surface area contributed by atoms with Crippen LogP contribution in [-0.4, -0.2) is 126 Å². The predicted molar refractivity (Wildman–Crippen MR) is 521 cm³/mol. The van der Waals surface area contributed by atoms with Gasteiger partial charge >= 0.3 is 111 Å². The van der Waals surface area contributed by atoms with E-state index < -0.39 is 113 Å². The average Bonchev–Trinajstić information content (AvgIpc) is 0.720. The Balaban J connectivity index is 0.00000162. The van der Waals surface area contributed by atoms with E-state index in [-0.39, 0.29) is 101 Å². The second-order valence-electron chi connectivity index (χ2n) is 33.3. The summed E-state index contributed by atoms with van der Waals surface area (Å²) in [5, 5.41) is -13.7. The summed E-state index contributed by atoms with van der Waals surface area (Å²) >= 11 is 0.586. The molecule has 4 unspecified atom stereocenters. The molecule has 0 spiro atoms. The van der Waals surface area contributed by atoms with Crippen molar-refractivity contribution in [1.82, 2.24) is 0 Å². The first-order valence-corrected chi connectivity index (χ1v) is 62.3. The van der Waals surface area contributed by atoms with E-state index in [4.69, 9.17) is 23.7 Å². The minimum Gasteiger partial charge on any atom is -0.748 e. The van der Waals surface area contributed by atoms with Gasteiger partial charge in [-0.3, -0.25) is 0 Å². The van der Waals surface area contributed by atoms with Crippen LogP contribution in [0.4, 0.5) is 43.9 Å². The zero-order valence-electron chi connectivity index (χ0n) is 82.2. The Morgan fingerprint density at radius 1 is 0.415 bits per heavy atom. The average molecular weight is 2550 g/mol. The second-order valence-corrected chi connectivity index (χ2v) is 50.5. The SMILES string of the molecule is C.C=C/C=C/[I+]c1ccccc1.CC(C)(C)C.CCC(C)c1ccc(COc2c(F)c(F)c(S(=O)(=O)[O-])c(F)c2F)cc1.CCC(C)c1ccc(OCCCCS(=O)(=O)[O-])cc1.CCC(C)c1ccc(OCCCS(=O)(=O)[O-])cc1.CCC(C)c1ccc(OS(=O)(=O)C(F)(F)C(F)(F)C(F)(F)S(=O)(=O)[O-])cc1.CO/C=C/C=C/[I+]c1ccc(OC)cc1.C[I+]c1ccc(C(C)(C)C)cc1.C[I+]c1ccccc1. The highest BCUT2D eigenvalue weighted by Gasteiger charge is 2.81. The van der Waals surface area contributed by atoms with Crippen molar-refractivity contribution in [2.24, 2.45) is 5.41 Å². The lowest BCUT2D eigenvalue weighted by atomic mass is 9.87. The lowest BCUT2D eigenvalue weighted by Gasteiger charge is -2.32. The highest BCUT2D eigenvalue weighted by Crippen LogP contribution is 2.51. The van der Waals surface area contributed by atoms with Crippen LogP contribution in [0.3, 0.4) is 0 Å². The maximum absolute atomic E-state index is 13.8. The molecule has 9 aromatic rings. The highest BCUT2D eigenvalue weighted by atomic mass is 127. The van der Waals surface area contributed by atoms with Crippen molar-refractivity contribution in [2.45, 2.75) is 213 Å². The standard InChI is InChI=1S/C17H16F4O4S.C14H22O4S.C13H14F6O6S2.C13H20O4S.C12H14IO2.C11H16I.C10H10I.C7H8I.C5H12.CH4/c1-3-9(2)11-6-4-10(5-7-11)8-25-16-12(18)14(20)17(26(22,23)24)15(21)13(16)19;1-3-12(2)13-6-8-14(9-7-13)18-10-4-5-11-19(15,16)17;1-3-8(2)9-4-6-10(7-5-9)25-27(23,24)13(18,19)11(14,15)12(16,17)26(20,21)22;1-3-11(2)12-5-7-13(8-6-12)17-9-4-10-18(14,15)16;1-14-10-4-3-9-13-11-5-7-12(15-2)8-6-11;1-11(2,3)9-5-7-10(12-4)8-6-9;1-2-3-9-11-10-7-5-4-6-8-10;1-8-7-5-3-2-4-6-7;1-5(2,3)4;/h4-7,9H,3,8H2,1-2H3,(H,22,23,24);6-9,12H,3-5,10-11H2,1-2H3,(H,15,16,17);4-8H,3H2,1-2H3,(H,20,21,22);5-8,11H,3-4,9-10H2,1-2H3,(H,14,15,16);3-10H,1-2H3;5-8H,1-4H3;2-9H,1H2;2-6H,1H3;1-4H3;1H4/q;;;;4*+1;;/p-4/b;;;;9-3+,10-4+;;9-3+;;;. The fourth-order valence-corrected chi connectivity index (χ4v) is 19.1. The molecule has 0 fully saturated rings.